The summed E-state index contributed by atoms with van der Waals surface area (Å²) in [7, 11) is 1.94. The molecule has 0 bridgehead atoms. The Bertz CT molecular complexity index is 481. The smallest absolute Gasteiger partial charge is 0.132 e. The highest BCUT2D eigenvalue weighted by Gasteiger charge is 2.13. The van der Waals surface area contributed by atoms with E-state index in [0.29, 0.717) is 6.42 Å². The minimum atomic E-state index is 0.104. The molecule has 2 aromatic rings. The van der Waals surface area contributed by atoms with E-state index in [1.54, 1.807) is 12.4 Å². The molecule has 0 spiro atoms. The highest BCUT2D eigenvalue weighted by atomic mass is 79.9. The second-order valence-corrected chi connectivity index (χ2v) is 4.19. The number of imidazole rings is 1. The van der Waals surface area contributed by atoms with Crippen molar-refractivity contribution in [2.45, 2.75) is 6.42 Å². The van der Waals surface area contributed by atoms with E-state index in [0.717, 1.165) is 21.7 Å². The van der Waals surface area contributed by atoms with Gasteiger partial charge in [-0.2, -0.15) is 0 Å². The molecule has 84 valence electrons. The van der Waals surface area contributed by atoms with Crippen molar-refractivity contribution in [3.05, 3.63) is 35.0 Å². The van der Waals surface area contributed by atoms with Crippen LogP contribution in [0.1, 0.15) is 5.82 Å². The molecule has 4 nitrogen and oxygen atoms in total. The maximum absolute atomic E-state index is 8.94. The first kappa shape index (κ1) is 11.3. The summed E-state index contributed by atoms with van der Waals surface area (Å²) in [5.74, 6) is 0.862. The van der Waals surface area contributed by atoms with Gasteiger partial charge in [0.15, 0.2) is 0 Å². The van der Waals surface area contributed by atoms with Gasteiger partial charge in [0.05, 0.1) is 12.3 Å². The normalized spacial score (nSPS) is 10.7. The largest absolute Gasteiger partial charge is 0.396 e. The maximum Gasteiger partial charge on any atom is 0.132 e. The Morgan fingerprint density at radius 2 is 2.06 bits per heavy atom. The topological polar surface area (TPSA) is 50.9 Å². The first-order valence-electron chi connectivity index (χ1n) is 4.96. The van der Waals surface area contributed by atoms with Crippen LogP contribution in [0.5, 0.6) is 0 Å². The molecule has 0 saturated carbocycles. The molecular weight excluding hydrogens is 270 g/mol. The molecule has 2 rings (SSSR count). The van der Waals surface area contributed by atoms with Gasteiger partial charge in [-0.1, -0.05) is 0 Å². The zero-order valence-electron chi connectivity index (χ0n) is 8.89. The van der Waals surface area contributed by atoms with Crippen LogP contribution in [0.4, 0.5) is 0 Å². The average molecular weight is 282 g/mol. The molecule has 1 N–H and O–H groups in total. The molecule has 0 fully saturated rings. The number of halogens is 1. The van der Waals surface area contributed by atoms with Gasteiger partial charge in [-0.05, 0) is 28.1 Å². The molecule has 0 unspecified atom stereocenters. The summed E-state index contributed by atoms with van der Waals surface area (Å²) in [6, 6.07) is 3.87. The van der Waals surface area contributed by atoms with Crippen molar-refractivity contribution >= 4 is 15.9 Å². The number of aliphatic hydroxyl groups excluding tert-OH is 1. The highest BCUT2D eigenvalue weighted by molar-refractivity contribution is 9.10. The van der Waals surface area contributed by atoms with E-state index >= 15 is 0 Å². The van der Waals surface area contributed by atoms with Crippen LogP contribution >= 0.6 is 15.9 Å². The number of hydrogen-bond donors (Lipinski definition) is 1. The Labute approximate surface area is 102 Å². The number of rotatable bonds is 3. The van der Waals surface area contributed by atoms with Crippen molar-refractivity contribution in [2.24, 2.45) is 7.05 Å². The number of pyridine rings is 1. The summed E-state index contributed by atoms with van der Waals surface area (Å²) in [5, 5.41) is 8.94. The Balaban J connectivity index is 2.49. The predicted octanol–water partition coefficient (Wildman–Crippen LogP) is 1.78. The van der Waals surface area contributed by atoms with Crippen LogP contribution in [0, 0.1) is 0 Å². The summed E-state index contributed by atoms with van der Waals surface area (Å²) in [5.41, 5.74) is 2.06. The molecule has 2 aromatic heterocycles. The molecule has 0 saturated heterocycles. The fraction of sp³-hybridized carbons (Fsp3) is 0.273. The number of nitrogens with zero attached hydrogens (tertiary/aromatic N) is 3. The number of aromatic nitrogens is 3. The van der Waals surface area contributed by atoms with E-state index in [2.05, 4.69) is 25.9 Å². The second kappa shape index (κ2) is 4.76. The predicted molar refractivity (Wildman–Crippen MR) is 64.9 cm³/mol. The van der Waals surface area contributed by atoms with Crippen LogP contribution in [-0.2, 0) is 13.5 Å². The molecule has 5 heteroatoms. The lowest BCUT2D eigenvalue weighted by atomic mass is 10.2. The van der Waals surface area contributed by atoms with Gasteiger partial charge in [-0.15, -0.1) is 0 Å². The van der Waals surface area contributed by atoms with Gasteiger partial charge in [0.1, 0.15) is 10.4 Å². The van der Waals surface area contributed by atoms with Crippen LogP contribution in [0.3, 0.4) is 0 Å². The lowest BCUT2D eigenvalue weighted by Gasteiger charge is -2.05. The second-order valence-electron chi connectivity index (χ2n) is 3.44. The Morgan fingerprint density at radius 3 is 2.69 bits per heavy atom. The third-order valence-corrected chi connectivity index (χ3v) is 2.99. The van der Waals surface area contributed by atoms with Gasteiger partial charge < -0.3 is 9.67 Å². The average Bonchev–Trinajstić information content (AvgIpc) is 2.56. The fourth-order valence-electron chi connectivity index (χ4n) is 1.65. The van der Waals surface area contributed by atoms with E-state index in [1.165, 1.54) is 0 Å². The summed E-state index contributed by atoms with van der Waals surface area (Å²) < 4.78 is 2.78. The van der Waals surface area contributed by atoms with Crippen LogP contribution in [0.2, 0.25) is 0 Å². The molecule has 16 heavy (non-hydrogen) atoms. The van der Waals surface area contributed by atoms with E-state index in [4.69, 9.17) is 5.11 Å². The van der Waals surface area contributed by atoms with Crippen molar-refractivity contribution in [1.82, 2.24) is 14.5 Å². The van der Waals surface area contributed by atoms with Crippen LogP contribution in [0.15, 0.2) is 29.1 Å². The van der Waals surface area contributed by atoms with Crippen molar-refractivity contribution in [3.63, 3.8) is 0 Å². The Hall–Kier alpha value is -1.20. The lowest BCUT2D eigenvalue weighted by molar-refractivity contribution is 0.295. The fourth-order valence-corrected chi connectivity index (χ4v) is 2.35. The minimum Gasteiger partial charge on any atom is -0.396 e. The summed E-state index contributed by atoms with van der Waals surface area (Å²) in [4.78, 5) is 8.36. The first-order valence-corrected chi connectivity index (χ1v) is 5.75. The number of aliphatic hydroxyl groups is 1. The van der Waals surface area contributed by atoms with Gasteiger partial charge in [0.2, 0.25) is 0 Å². The molecule has 2 heterocycles. The van der Waals surface area contributed by atoms with E-state index in [-0.39, 0.29) is 6.61 Å². The van der Waals surface area contributed by atoms with Crippen molar-refractivity contribution in [1.29, 1.82) is 0 Å². The minimum absolute atomic E-state index is 0.104. The van der Waals surface area contributed by atoms with Crippen molar-refractivity contribution in [3.8, 4) is 11.3 Å². The zero-order valence-corrected chi connectivity index (χ0v) is 10.5. The molecule has 0 aliphatic rings. The van der Waals surface area contributed by atoms with Crippen molar-refractivity contribution < 1.29 is 5.11 Å². The summed E-state index contributed by atoms with van der Waals surface area (Å²) in [6.45, 7) is 0.104. The van der Waals surface area contributed by atoms with Gasteiger partial charge in [-0.3, -0.25) is 4.98 Å². The molecule has 0 radical (unpaired) electrons. The van der Waals surface area contributed by atoms with E-state index in [1.807, 2.05) is 23.7 Å². The summed E-state index contributed by atoms with van der Waals surface area (Å²) >= 11 is 3.44. The van der Waals surface area contributed by atoms with E-state index < -0.39 is 0 Å². The highest BCUT2D eigenvalue weighted by Crippen LogP contribution is 2.27. The van der Waals surface area contributed by atoms with E-state index in [9.17, 15) is 0 Å². The molecule has 0 aliphatic carbocycles. The molecule has 0 aromatic carbocycles. The molecule has 0 aliphatic heterocycles. The lowest BCUT2D eigenvalue weighted by Crippen LogP contribution is -2.02. The maximum atomic E-state index is 8.94. The van der Waals surface area contributed by atoms with Crippen LogP contribution in [-0.4, -0.2) is 26.2 Å². The zero-order chi connectivity index (χ0) is 11.5. The van der Waals surface area contributed by atoms with Crippen molar-refractivity contribution in [2.75, 3.05) is 6.61 Å². The quantitative estimate of drug-likeness (QED) is 0.933. The monoisotopic (exact) mass is 281 g/mol. The molecule has 0 atom stereocenters. The third kappa shape index (κ3) is 2.01. The molecular formula is C11H12BrN3O. The molecule has 0 amide bonds. The first-order chi connectivity index (χ1) is 7.74. The third-order valence-electron chi connectivity index (χ3n) is 2.43. The summed E-state index contributed by atoms with van der Waals surface area (Å²) in [6.07, 6.45) is 4.06. The van der Waals surface area contributed by atoms with Gasteiger partial charge in [0, 0.05) is 31.4 Å². The van der Waals surface area contributed by atoms with Gasteiger partial charge in [-0.25, -0.2) is 4.98 Å². The number of hydrogen-bond acceptors (Lipinski definition) is 3. The van der Waals surface area contributed by atoms with Gasteiger partial charge >= 0.3 is 0 Å². The van der Waals surface area contributed by atoms with Gasteiger partial charge in [0.25, 0.3) is 0 Å². The Kier molecular flexibility index (Phi) is 3.36. The van der Waals surface area contributed by atoms with Crippen LogP contribution in [0.25, 0.3) is 11.3 Å². The van der Waals surface area contributed by atoms with Crippen LogP contribution < -0.4 is 0 Å². The Morgan fingerprint density at radius 1 is 1.38 bits per heavy atom. The standard InChI is InChI=1S/C11H12BrN3O/c1-15-9(4-7-16)14-11(12)10(15)8-2-5-13-6-3-8/h2-3,5-6,16H,4,7H2,1H3. The SMILES string of the molecule is Cn1c(CCO)nc(Br)c1-c1ccncc1.